The van der Waals surface area contributed by atoms with Crippen molar-refractivity contribution in [3.05, 3.63) is 0 Å². The number of ether oxygens (including phenoxy) is 1. The van der Waals surface area contributed by atoms with Gasteiger partial charge >= 0.3 is 0 Å². The van der Waals surface area contributed by atoms with Crippen LogP contribution in [0.15, 0.2) is 0 Å². The van der Waals surface area contributed by atoms with Gasteiger partial charge in [-0.1, -0.05) is 34.6 Å². The predicted octanol–water partition coefficient (Wildman–Crippen LogP) is 2.92. The van der Waals surface area contributed by atoms with Gasteiger partial charge in [0.25, 0.3) is 0 Å². The van der Waals surface area contributed by atoms with Gasteiger partial charge in [-0.25, -0.2) is 13.6 Å². The topological polar surface area (TPSA) is 69.4 Å². The molecule has 1 aliphatic carbocycles. The highest BCUT2D eigenvalue weighted by Crippen LogP contribution is 2.37. The van der Waals surface area contributed by atoms with Gasteiger partial charge in [0.05, 0.1) is 18.5 Å². The Hall–Kier alpha value is -0.130. The lowest BCUT2D eigenvalue weighted by atomic mass is 9.76. The summed E-state index contributed by atoms with van der Waals surface area (Å²) < 4.78 is 28.7. The van der Waals surface area contributed by atoms with Gasteiger partial charge in [-0.3, -0.25) is 0 Å². The van der Waals surface area contributed by atoms with Crippen LogP contribution in [0.3, 0.4) is 0 Å². The molecule has 1 saturated carbocycles. The molecule has 1 rings (SSSR count). The monoisotopic (exact) mass is 305 g/mol. The van der Waals surface area contributed by atoms with Crippen molar-refractivity contribution in [2.24, 2.45) is 21.9 Å². The van der Waals surface area contributed by atoms with Crippen LogP contribution in [-0.2, 0) is 14.8 Å². The third-order valence-corrected chi connectivity index (χ3v) is 5.34. The molecule has 0 spiro atoms. The fourth-order valence-electron chi connectivity index (χ4n) is 2.62. The van der Waals surface area contributed by atoms with E-state index in [2.05, 4.69) is 13.8 Å². The maximum atomic E-state index is 11.3. The number of nitrogens with two attached hydrogens (primary N) is 1. The van der Waals surface area contributed by atoms with E-state index in [1.165, 1.54) is 12.8 Å². The summed E-state index contributed by atoms with van der Waals surface area (Å²) in [6.07, 6.45) is 4.76. The van der Waals surface area contributed by atoms with Crippen LogP contribution in [0.4, 0.5) is 0 Å². The van der Waals surface area contributed by atoms with Crippen molar-refractivity contribution < 1.29 is 13.2 Å². The largest absolute Gasteiger partial charge is 0.378 e. The first-order valence-corrected chi connectivity index (χ1v) is 9.23. The first kappa shape index (κ1) is 17.9. The van der Waals surface area contributed by atoms with Crippen molar-refractivity contribution in [1.82, 2.24) is 0 Å². The second kappa shape index (κ2) is 6.32. The Bertz CT molecular complexity index is 399. The number of hydrogen-bond donors (Lipinski definition) is 1. The van der Waals surface area contributed by atoms with Gasteiger partial charge in [-0.05, 0) is 36.5 Å². The zero-order valence-corrected chi connectivity index (χ0v) is 14.4. The minimum Gasteiger partial charge on any atom is -0.378 e. The summed E-state index contributed by atoms with van der Waals surface area (Å²) in [7, 11) is -3.46. The van der Waals surface area contributed by atoms with E-state index in [-0.39, 0.29) is 23.2 Å². The first-order chi connectivity index (χ1) is 8.89. The molecule has 0 aliphatic heterocycles. The van der Waals surface area contributed by atoms with E-state index in [1.807, 2.05) is 20.8 Å². The lowest BCUT2D eigenvalue weighted by Crippen LogP contribution is -2.36. The third-order valence-electron chi connectivity index (χ3n) is 4.48. The Balaban J connectivity index is 2.51. The van der Waals surface area contributed by atoms with Crippen molar-refractivity contribution in [3.8, 4) is 0 Å². The average Bonchev–Trinajstić information content (AvgIpc) is 2.22. The number of rotatable bonds is 5. The average molecular weight is 305 g/mol. The van der Waals surface area contributed by atoms with Crippen molar-refractivity contribution in [2.75, 3.05) is 12.4 Å². The SMILES string of the molecule is CC1(C)CCC(OCC(CS(N)(=O)=O)C(C)(C)C)CC1. The molecule has 0 amide bonds. The summed E-state index contributed by atoms with van der Waals surface area (Å²) in [5.41, 5.74) is 0.296. The Labute approximate surface area is 124 Å². The molecule has 1 fully saturated rings. The highest BCUT2D eigenvalue weighted by molar-refractivity contribution is 7.89. The third kappa shape index (κ3) is 6.55. The molecule has 0 saturated heterocycles. The number of hydrogen-bond acceptors (Lipinski definition) is 3. The highest BCUT2D eigenvalue weighted by Gasteiger charge is 2.31. The van der Waals surface area contributed by atoms with Crippen LogP contribution in [0.2, 0.25) is 0 Å². The van der Waals surface area contributed by atoms with Crippen LogP contribution < -0.4 is 5.14 Å². The minimum absolute atomic E-state index is 0.00524. The Morgan fingerprint density at radius 1 is 1.25 bits per heavy atom. The van der Waals surface area contributed by atoms with Crippen molar-refractivity contribution >= 4 is 10.0 Å². The molecule has 1 unspecified atom stereocenters. The Morgan fingerprint density at radius 2 is 1.75 bits per heavy atom. The molecule has 2 N–H and O–H groups in total. The van der Waals surface area contributed by atoms with Crippen LogP contribution in [0, 0.1) is 16.7 Å². The quantitative estimate of drug-likeness (QED) is 0.849. The van der Waals surface area contributed by atoms with Crippen molar-refractivity contribution in [1.29, 1.82) is 0 Å². The lowest BCUT2D eigenvalue weighted by Gasteiger charge is -2.36. The number of primary sulfonamides is 1. The molecular formula is C15H31NO3S. The van der Waals surface area contributed by atoms with Crippen LogP contribution >= 0.6 is 0 Å². The van der Waals surface area contributed by atoms with E-state index < -0.39 is 10.0 Å². The van der Waals surface area contributed by atoms with E-state index in [9.17, 15) is 8.42 Å². The molecule has 0 aromatic carbocycles. The maximum absolute atomic E-state index is 11.3. The summed E-state index contributed by atoms with van der Waals surface area (Å²) in [6.45, 7) is 11.2. The van der Waals surface area contributed by atoms with Crippen LogP contribution in [0.1, 0.15) is 60.3 Å². The van der Waals surface area contributed by atoms with Gasteiger partial charge < -0.3 is 4.74 Å². The molecule has 1 aliphatic rings. The second-order valence-corrected chi connectivity index (χ2v) is 9.75. The van der Waals surface area contributed by atoms with E-state index in [0.29, 0.717) is 12.0 Å². The summed E-state index contributed by atoms with van der Waals surface area (Å²) in [4.78, 5) is 0. The van der Waals surface area contributed by atoms with Gasteiger partial charge in [-0.2, -0.15) is 0 Å². The summed E-state index contributed by atoms with van der Waals surface area (Å²) >= 11 is 0. The molecule has 4 nitrogen and oxygen atoms in total. The molecule has 0 aromatic rings. The van der Waals surface area contributed by atoms with Crippen molar-refractivity contribution in [2.45, 2.75) is 66.4 Å². The molecule has 0 bridgehead atoms. The van der Waals surface area contributed by atoms with E-state index in [1.54, 1.807) is 0 Å². The van der Waals surface area contributed by atoms with E-state index >= 15 is 0 Å². The van der Waals surface area contributed by atoms with Gasteiger partial charge in [0.15, 0.2) is 0 Å². The maximum Gasteiger partial charge on any atom is 0.209 e. The van der Waals surface area contributed by atoms with E-state index in [4.69, 9.17) is 9.88 Å². The van der Waals surface area contributed by atoms with Gasteiger partial charge in [-0.15, -0.1) is 0 Å². The Kier molecular flexibility index (Phi) is 5.67. The molecule has 0 radical (unpaired) electrons. The highest BCUT2D eigenvalue weighted by atomic mass is 32.2. The molecule has 1 atom stereocenters. The second-order valence-electron chi connectivity index (χ2n) is 8.09. The normalized spacial score (nSPS) is 22.7. The minimum atomic E-state index is -3.46. The fraction of sp³-hybridized carbons (Fsp3) is 1.00. The van der Waals surface area contributed by atoms with E-state index in [0.717, 1.165) is 12.8 Å². The summed E-state index contributed by atoms with van der Waals surface area (Å²) in [6, 6.07) is 0. The lowest BCUT2D eigenvalue weighted by molar-refractivity contribution is -0.0254. The van der Waals surface area contributed by atoms with Gasteiger partial charge in [0.2, 0.25) is 10.0 Å². The summed E-state index contributed by atoms with van der Waals surface area (Å²) in [5.74, 6) is -0.0678. The van der Waals surface area contributed by atoms with Gasteiger partial charge in [0.1, 0.15) is 0 Å². The molecule has 0 aromatic heterocycles. The van der Waals surface area contributed by atoms with Gasteiger partial charge in [0, 0.05) is 5.92 Å². The van der Waals surface area contributed by atoms with Crippen LogP contribution in [-0.4, -0.2) is 26.9 Å². The molecular weight excluding hydrogens is 274 g/mol. The van der Waals surface area contributed by atoms with Crippen molar-refractivity contribution in [3.63, 3.8) is 0 Å². The molecule has 120 valence electrons. The fourth-order valence-corrected chi connectivity index (χ4v) is 3.78. The zero-order valence-electron chi connectivity index (χ0n) is 13.6. The van der Waals surface area contributed by atoms with Crippen LogP contribution in [0.25, 0.3) is 0 Å². The zero-order chi connectivity index (χ0) is 15.6. The smallest absolute Gasteiger partial charge is 0.209 e. The molecule has 20 heavy (non-hydrogen) atoms. The number of sulfonamides is 1. The summed E-state index contributed by atoms with van der Waals surface area (Å²) in [5, 5.41) is 5.19. The molecule has 5 heteroatoms. The van der Waals surface area contributed by atoms with Crippen LogP contribution in [0.5, 0.6) is 0 Å². The first-order valence-electron chi connectivity index (χ1n) is 7.51. The predicted molar refractivity (Wildman–Crippen MR) is 82.9 cm³/mol. The molecule has 0 heterocycles. The standard InChI is InChI=1S/C15H31NO3S/c1-14(2,3)12(11-20(16,17)18)10-19-13-6-8-15(4,5)9-7-13/h12-13H,6-11H2,1-5H3,(H2,16,17,18). The Morgan fingerprint density at radius 3 is 2.15 bits per heavy atom.